The van der Waals surface area contributed by atoms with Crippen LogP contribution in [0.1, 0.15) is 37.3 Å². The standard InChI is InChI=1S/C25H24N4O4S/c1-14-6-4-7-17(12-14)23-21(28-16(3)34-23)25(31)29-10-11-32-20(29)13-26-24(30)18-8-5-9-19-22(18)33-15(2)27-19/h4-9,12,20H,10-11,13H2,1-3H3,(H,26,30). The molecule has 8 nitrogen and oxygen atoms in total. The lowest BCUT2D eigenvalue weighted by Gasteiger charge is -2.23. The summed E-state index contributed by atoms with van der Waals surface area (Å²) < 4.78 is 11.4. The van der Waals surface area contributed by atoms with Crippen molar-refractivity contribution in [2.24, 2.45) is 0 Å². The molecular formula is C25H24N4O4S. The van der Waals surface area contributed by atoms with Crippen LogP contribution >= 0.6 is 11.3 Å². The van der Waals surface area contributed by atoms with Crippen molar-refractivity contribution in [2.45, 2.75) is 27.0 Å². The van der Waals surface area contributed by atoms with E-state index in [4.69, 9.17) is 9.15 Å². The minimum Gasteiger partial charge on any atom is -0.440 e. The van der Waals surface area contributed by atoms with Crippen molar-refractivity contribution >= 4 is 34.3 Å². The molecule has 1 saturated heterocycles. The second-order valence-electron chi connectivity index (χ2n) is 8.20. The van der Waals surface area contributed by atoms with Crippen molar-refractivity contribution in [3.8, 4) is 10.4 Å². The normalized spacial score (nSPS) is 15.7. The number of hydrogen-bond donors (Lipinski definition) is 1. The van der Waals surface area contributed by atoms with Gasteiger partial charge in [-0.2, -0.15) is 0 Å². The molecule has 0 bridgehead atoms. The maximum absolute atomic E-state index is 13.5. The molecule has 4 aromatic rings. The van der Waals surface area contributed by atoms with E-state index in [0.29, 0.717) is 41.4 Å². The molecule has 9 heteroatoms. The first-order chi connectivity index (χ1) is 16.4. The van der Waals surface area contributed by atoms with Gasteiger partial charge in [0, 0.05) is 13.5 Å². The average molecular weight is 477 g/mol. The number of fused-ring (bicyclic) bond motifs is 1. The van der Waals surface area contributed by atoms with E-state index in [1.807, 2.05) is 38.1 Å². The number of carbonyl (C=O) groups is 2. The first-order valence-corrected chi connectivity index (χ1v) is 11.8. The zero-order valence-corrected chi connectivity index (χ0v) is 19.9. The molecule has 1 aliphatic rings. The topological polar surface area (TPSA) is 97.6 Å². The molecule has 1 atom stereocenters. The van der Waals surface area contributed by atoms with Crippen LogP contribution in [0.25, 0.3) is 21.5 Å². The van der Waals surface area contributed by atoms with Crippen LogP contribution in [-0.2, 0) is 4.74 Å². The quantitative estimate of drug-likeness (QED) is 0.466. The molecule has 2 aromatic carbocycles. The zero-order valence-electron chi connectivity index (χ0n) is 19.1. The van der Waals surface area contributed by atoms with Crippen LogP contribution in [0, 0.1) is 20.8 Å². The van der Waals surface area contributed by atoms with Gasteiger partial charge in [-0.05, 0) is 31.5 Å². The van der Waals surface area contributed by atoms with Gasteiger partial charge < -0.3 is 19.4 Å². The fourth-order valence-corrected chi connectivity index (χ4v) is 5.03. The fraction of sp³-hybridized carbons (Fsp3) is 0.280. The van der Waals surface area contributed by atoms with Crippen molar-refractivity contribution in [2.75, 3.05) is 19.7 Å². The predicted molar refractivity (Wildman–Crippen MR) is 129 cm³/mol. The number of aryl methyl sites for hydroxylation is 3. The second kappa shape index (κ2) is 9.00. The molecule has 3 heterocycles. The number of nitrogens with zero attached hydrogens (tertiary/aromatic N) is 3. The monoisotopic (exact) mass is 476 g/mol. The van der Waals surface area contributed by atoms with Gasteiger partial charge in [-0.3, -0.25) is 9.59 Å². The minimum absolute atomic E-state index is 0.150. The van der Waals surface area contributed by atoms with E-state index in [1.165, 1.54) is 11.3 Å². The summed E-state index contributed by atoms with van der Waals surface area (Å²) in [7, 11) is 0. The fourth-order valence-electron chi connectivity index (χ4n) is 4.13. The van der Waals surface area contributed by atoms with Gasteiger partial charge in [0.05, 0.1) is 28.6 Å². The van der Waals surface area contributed by atoms with Crippen LogP contribution in [0.3, 0.4) is 0 Å². The Morgan fingerprint density at radius 2 is 1.97 bits per heavy atom. The highest BCUT2D eigenvalue weighted by molar-refractivity contribution is 7.15. The average Bonchev–Trinajstić information content (AvgIpc) is 3.53. The zero-order chi connectivity index (χ0) is 23.8. The van der Waals surface area contributed by atoms with Crippen LogP contribution < -0.4 is 5.32 Å². The van der Waals surface area contributed by atoms with E-state index in [2.05, 4.69) is 15.3 Å². The van der Waals surface area contributed by atoms with E-state index in [1.54, 1.807) is 30.0 Å². The van der Waals surface area contributed by atoms with Gasteiger partial charge >= 0.3 is 0 Å². The molecule has 34 heavy (non-hydrogen) atoms. The molecular weight excluding hydrogens is 452 g/mol. The first kappa shape index (κ1) is 22.2. The van der Waals surface area contributed by atoms with Crippen LogP contribution in [0.4, 0.5) is 0 Å². The molecule has 0 aliphatic carbocycles. The maximum Gasteiger partial charge on any atom is 0.276 e. The Balaban J connectivity index is 1.34. The predicted octanol–water partition coefficient (Wildman–Crippen LogP) is 4.11. The van der Waals surface area contributed by atoms with E-state index in [-0.39, 0.29) is 18.4 Å². The Morgan fingerprint density at radius 3 is 2.79 bits per heavy atom. The largest absolute Gasteiger partial charge is 0.440 e. The highest BCUT2D eigenvalue weighted by Gasteiger charge is 2.33. The van der Waals surface area contributed by atoms with Gasteiger partial charge in [-0.25, -0.2) is 9.97 Å². The summed E-state index contributed by atoms with van der Waals surface area (Å²) in [4.78, 5) is 37.7. The summed E-state index contributed by atoms with van der Waals surface area (Å²) in [6.07, 6.45) is -0.584. The van der Waals surface area contributed by atoms with E-state index in [0.717, 1.165) is 21.0 Å². The molecule has 1 N–H and O–H groups in total. The molecule has 0 radical (unpaired) electrons. The summed E-state index contributed by atoms with van der Waals surface area (Å²) in [6.45, 7) is 6.63. The molecule has 5 rings (SSSR count). The van der Waals surface area contributed by atoms with Gasteiger partial charge in [0.25, 0.3) is 11.8 Å². The molecule has 2 amide bonds. The summed E-state index contributed by atoms with van der Waals surface area (Å²) >= 11 is 1.50. The van der Waals surface area contributed by atoms with Gasteiger partial charge in [0.15, 0.2) is 11.5 Å². The number of benzene rings is 2. The van der Waals surface area contributed by atoms with Gasteiger partial charge in [-0.15, -0.1) is 11.3 Å². The third-order valence-electron chi connectivity index (χ3n) is 5.67. The number of para-hydroxylation sites is 1. The SMILES string of the molecule is Cc1cccc(-c2sc(C)nc2C(=O)N2CCOC2CNC(=O)c2cccc3nc(C)oc23)c1. The number of nitrogens with one attached hydrogen (secondary N) is 1. The Labute approximate surface area is 200 Å². The van der Waals surface area contributed by atoms with Gasteiger partial charge in [0.1, 0.15) is 17.4 Å². The van der Waals surface area contributed by atoms with Gasteiger partial charge in [-0.1, -0.05) is 35.9 Å². The van der Waals surface area contributed by atoms with Crippen LogP contribution in [0.15, 0.2) is 46.9 Å². The third-order valence-corrected chi connectivity index (χ3v) is 6.69. The Bertz CT molecular complexity index is 1390. The highest BCUT2D eigenvalue weighted by atomic mass is 32.1. The molecule has 1 aliphatic heterocycles. The van der Waals surface area contributed by atoms with Crippen LogP contribution in [0.5, 0.6) is 0 Å². The molecule has 1 fully saturated rings. The van der Waals surface area contributed by atoms with Crippen molar-refractivity contribution in [3.05, 3.63) is 70.2 Å². The van der Waals surface area contributed by atoms with E-state index >= 15 is 0 Å². The molecule has 174 valence electrons. The number of rotatable bonds is 5. The number of hydrogen-bond acceptors (Lipinski definition) is 7. The number of aromatic nitrogens is 2. The first-order valence-electron chi connectivity index (χ1n) is 11.0. The third kappa shape index (κ3) is 4.20. The van der Waals surface area contributed by atoms with Crippen LogP contribution in [-0.4, -0.2) is 52.6 Å². The van der Waals surface area contributed by atoms with Crippen molar-refractivity contribution in [1.82, 2.24) is 20.2 Å². The van der Waals surface area contributed by atoms with Gasteiger partial charge in [0.2, 0.25) is 0 Å². The Kier molecular flexibility index (Phi) is 5.89. The lowest BCUT2D eigenvalue weighted by Crippen LogP contribution is -2.44. The Morgan fingerprint density at radius 1 is 1.15 bits per heavy atom. The number of thiazole rings is 1. The van der Waals surface area contributed by atoms with Crippen LogP contribution in [0.2, 0.25) is 0 Å². The van der Waals surface area contributed by atoms with Crippen molar-refractivity contribution < 1.29 is 18.7 Å². The lowest BCUT2D eigenvalue weighted by molar-refractivity contribution is 0.0277. The summed E-state index contributed by atoms with van der Waals surface area (Å²) in [5.74, 6) is -0.0192. The van der Waals surface area contributed by atoms with E-state index < -0.39 is 6.23 Å². The summed E-state index contributed by atoms with van der Waals surface area (Å²) in [6, 6.07) is 13.3. The van der Waals surface area contributed by atoms with Crippen molar-refractivity contribution in [1.29, 1.82) is 0 Å². The second-order valence-corrected chi connectivity index (χ2v) is 9.40. The van der Waals surface area contributed by atoms with E-state index in [9.17, 15) is 9.59 Å². The number of carbonyl (C=O) groups excluding carboxylic acids is 2. The highest BCUT2D eigenvalue weighted by Crippen LogP contribution is 2.32. The molecule has 0 saturated carbocycles. The lowest BCUT2D eigenvalue weighted by atomic mass is 10.1. The van der Waals surface area contributed by atoms with Crippen molar-refractivity contribution in [3.63, 3.8) is 0 Å². The molecule has 2 aromatic heterocycles. The number of ether oxygens (including phenoxy) is 1. The number of oxazole rings is 1. The minimum atomic E-state index is -0.584. The summed E-state index contributed by atoms with van der Waals surface area (Å²) in [5, 5.41) is 3.69. The Hall–Kier alpha value is -3.56. The molecule has 0 spiro atoms. The summed E-state index contributed by atoms with van der Waals surface area (Å²) in [5.41, 5.74) is 3.96. The number of amides is 2. The molecule has 1 unspecified atom stereocenters. The smallest absolute Gasteiger partial charge is 0.276 e. The maximum atomic E-state index is 13.5.